The van der Waals surface area contributed by atoms with Gasteiger partial charge in [-0.3, -0.25) is 0 Å². The molecule has 1 fully saturated rings. The summed E-state index contributed by atoms with van der Waals surface area (Å²) in [6, 6.07) is 6.89. The Kier molecular flexibility index (Phi) is 3.60. The minimum atomic E-state index is 0.279. The van der Waals surface area contributed by atoms with Crippen molar-refractivity contribution in [3.63, 3.8) is 0 Å². The summed E-state index contributed by atoms with van der Waals surface area (Å²) in [6.45, 7) is 3.00. The van der Waals surface area contributed by atoms with Crippen LogP contribution in [-0.2, 0) is 5.41 Å². The fourth-order valence-electron chi connectivity index (χ4n) is 2.87. The quantitative estimate of drug-likeness (QED) is 0.812. The van der Waals surface area contributed by atoms with Crippen LogP contribution in [0.15, 0.2) is 23.1 Å². The Morgan fingerprint density at radius 1 is 1.31 bits per heavy atom. The highest BCUT2D eigenvalue weighted by Crippen LogP contribution is 2.41. The first kappa shape index (κ1) is 12.0. The first-order valence-corrected chi connectivity index (χ1v) is 7.29. The van der Waals surface area contributed by atoms with Crippen molar-refractivity contribution in [3.8, 4) is 0 Å². The third kappa shape index (κ3) is 2.01. The second-order valence-corrected chi connectivity index (χ2v) is 5.72. The molecule has 0 bridgehead atoms. The lowest BCUT2D eigenvalue weighted by atomic mass is 9.78. The van der Waals surface area contributed by atoms with Gasteiger partial charge in [-0.2, -0.15) is 0 Å². The van der Waals surface area contributed by atoms with Crippen molar-refractivity contribution in [2.75, 3.05) is 12.8 Å². The topological polar surface area (TPSA) is 26.0 Å². The Labute approximate surface area is 103 Å². The molecule has 1 aromatic rings. The largest absolute Gasteiger partial charge is 0.330 e. The highest BCUT2D eigenvalue weighted by Gasteiger charge is 2.34. The average molecular weight is 235 g/mol. The zero-order chi connectivity index (χ0) is 11.6. The van der Waals surface area contributed by atoms with Crippen LogP contribution >= 0.6 is 11.8 Å². The van der Waals surface area contributed by atoms with Crippen LogP contribution in [0.2, 0.25) is 0 Å². The maximum atomic E-state index is 6.02. The molecule has 0 spiro atoms. The molecule has 0 heterocycles. The van der Waals surface area contributed by atoms with Crippen LogP contribution in [0.1, 0.15) is 36.8 Å². The number of thioether (sulfide) groups is 1. The molecule has 88 valence electrons. The van der Waals surface area contributed by atoms with E-state index >= 15 is 0 Å². The van der Waals surface area contributed by atoms with Gasteiger partial charge in [0.25, 0.3) is 0 Å². The molecule has 1 saturated carbocycles. The maximum absolute atomic E-state index is 6.02. The normalized spacial score (nSPS) is 18.9. The first-order chi connectivity index (χ1) is 7.72. The van der Waals surface area contributed by atoms with Crippen LogP contribution < -0.4 is 5.73 Å². The van der Waals surface area contributed by atoms with E-state index < -0.39 is 0 Å². The van der Waals surface area contributed by atoms with Gasteiger partial charge in [0.05, 0.1) is 0 Å². The van der Waals surface area contributed by atoms with Crippen molar-refractivity contribution >= 4 is 11.8 Å². The van der Waals surface area contributed by atoms with Gasteiger partial charge in [0.15, 0.2) is 0 Å². The minimum Gasteiger partial charge on any atom is -0.330 e. The van der Waals surface area contributed by atoms with Crippen molar-refractivity contribution in [1.82, 2.24) is 0 Å². The Hall–Kier alpha value is -0.470. The van der Waals surface area contributed by atoms with Gasteiger partial charge < -0.3 is 5.73 Å². The molecule has 0 radical (unpaired) electrons. The van der Waals surface area contributed by atoms with E-state index in [9.17, 15) is 0 Å². The van der Waals surface area contributed by atoms with Gasteiger partial charge in [0.1, 0.15) is 0 Å². The fourth-order valence-corrected chi connectivity index (χ4v) is 3.46. The van der Waals surface area contributed by atoms with Crippen LogP contribution in [-0.4, -0.2) is 12.8 Å². The molecular weight excluding hydrogens is 214 g/mol. The van der Waals surface area contributed by atoms with E-state index in [0.29, 0.717) is 0 Å². The van der Waals surface area contributed by atoms with E-state index in [2.05, 4.69) is 31.4 Å². The predicted octanol–water partition coefficient (Wildman–Crippen LogP) is 3.49. The van der Waals surface area contributed by atoms with Crippen LogP contribution in [0.4, 0.5) is 0 Å². The summed E-state index contributed by atoms with van der Waals surface area (Å²) in [7, 11) is 0. The summed E-state index contributed by atoms with van der Waals surface area (Å²) in [6.07, 6.45) is 7.33. The smallest absolute Gasteiger partial charge is 0.00985 e. The summed E-state index contributed by atoms with van der Waals surface area (Å²) in [4.78, 5) is 1.38. The molecule has 2 N–H and O–H groups in total. The molecule has 1 aromatic carbocycles. The van der Waals surface area contributed by atoms with Gasteiger partial charge in [0.2, 0.25) is 0 Å². The molecule has 0 saturated heterocycles. The molecule has 0 atom stereocenters. The van der Waals surface area contributed by atoms with Crippen LogP contribution in [0.5, 0.6) is 0 Å². The number of aryl methyl sites for hydroxylation is 1. The lowest BCUT2D eigenvalue weighted by Gasteiger charge is -2.28. The monoisotopic (exact) mass is 235 g/mol. The van der Waals surface area contributed by atoms with Gasteiger partial charge >= 0.3 is 0 Å². The Morgan fingerprint density at radius 2 is 2.00 bits per heavy atom. The minimum absolute atomic E-state index is 0.279. The molecule has 1 aliphatic rings. The first-order valence-electron chi connectivity index (χ1n) is 6.07. The summed E-state index contributed by atoms with van der Waals surface area (Å²) in [5.41, 5.74) is 9.15. The molecule has 0 unspecified atom stereocenters. The summed E-state index contributed by atoms with van der Waals surface area (Å²) < 4.78 is 0. The van der Waals surface area contributed by atoms with Crippen LogP contribution in [0.3, 0.4) is 0 Å². The molecular formula is C14H21NS. The molecule has 2 rings (SSSR count). The van der Waals surface area contributed by atoms with E-state index in [0.717, 1.165) is 6.54 Å². The number of benzene rings is 1. The lowest BCUT2D eigenvalue weighted by molar-refractivity contribution is 0.452. The molecule has 2 heteroatoms. The SMILES string of the molecule is CSc1ccc(C2(CN)CCCC2)cc1C. The Morgan fingerprint density at radius 3 is 2.50 bits per heavy atom. The van der Waals surface area contributed by atoms with E-state index in [1.165, 1.54) is 41.7 Å². The number of nitrogens with two attached hydrogens (primary N) is 1. The number of rotatable bonds is 3. The van der Waals surface area contributed by atoms with Gasteiger partial charge in [-0.05, 0) is 43.2 Å². The fraction of sp³-hybridized carbons (Fsp3) is 0.571. The lowest BCUT2D eigenvalue weighted by Crippen LogP contribution is -2.32. The average Bonchev–Trinajstić information content (AvgIpc) is 2.78. The van der Waals surface area contributed by atoms with Crippen LogP contribution in [0.25, 0.3) is 0 Å². The molecule has 16 heavy (non-hydrogen) atoms. The highest BCUT2D eigenvalue weighted by atomic mass is 32.2. The number of hydrogen-bond acceptors (Lipinski definition) is 2. The second kappa shape index (κ2) is 4.80. The molecule has 0 aromatic heterocycles. The molecule has 0 amide bonds. The van der Waals surface area contributed by atoms with Gasteiger partial charge in [-0.15, -0.1) is 11.8 Å². The third-order valence-electron chi connectivity index (χ3n) is 3.96. The van der Waals surface area contributed by atoms with Crippen molar-refractivity contribution in [2.45, 2.75) is 42.9 Å². The van der Waals surface area contributed by atoms with Gasteiger partial charge in [-0.1, -0.05) is 25.0 Å². The van der Waals surface area contributed by atoms with E-state index in [-0.39, 0.29) is 5.41 Å². The second-order valence-electron chi connectivity index (χ2n) is 4.88. The third-order valence-corrected chi connectivity index (χ3v) is 4.86. The molecule has 0 aliphatic heterocycles. The standard InChI is InChI=1S/C14H21NS/c1-11-9-12(5-6-13(11)16-2)14(10-15)7-3-4-8-14/h5-6,9H,3-4,7-8,10,15H2,1-2H3. The van der Waals surface area contributed by atoms with E-state index in [1.54, 1.807) is 0 Å². The molecule has 1 aliphatic carbocycles. The Bertz CT molecular complexity index is 367. The number of hydrogen-bond donors (Lipinski definition) is 1. The summed E-state index contributed by atoms with van der Waals surface area (Å²) in [5.74, 6) is 0. The predicted molar refractivity (Wildman–Crippen MR) is 72.2 cm³/mol. The van der Waals surface area contributed by atoms with E-state index in [1.807, 2.05) is 11.8 Å². The van der Waals surface area contributed by atoms with Crippen molar-refractivity contribution in [3.05, 3.63) is 29.3 Å². The van der Waals surface area contributed by atoms with Gasteiger partial charge in [0, 0.05) is 16.9 Å². The molecule has 1 nitrogen and oxygen atoms in total. The van der Waals surface area contributed by atoms with Gasteiger partial charge in [-0.25, -0.2) is 0 Å². The maximum Gasteiger partial charge on any atom is 0.00985 e. The summed E-state index contributed by atoms with van der Waals surface area (Å²) >= 11 is 1.82. The highest BCUT2D eigenvalue weighted by molar-refractivity contribution is 7.98. The zero-order valence-corrected chi connectivity index (χ0v) is 11.1. The van der Waals surface area contributed by atoms with E-state index in [4.69, 9.17) is 5.73 Å². The Balaban J connectivity index is 2.36. The van der Waals surface area contributed by atoms with Crippen molar-refractivity contribution in [1.29, 1.82) is 0 Å². The zero-order valence-electron chi connectivity index (χ0n) is 10.3. The van der Waals surface area contributed by atoms with Crippen molar-refractivity contribution in [2.24, 2.45) is 5.73 Å². The van der Waals surface area contributed by atoms with Crippen molar-refractivity contribution < 1.29 is 0 Å². The summed E-state index contributed by atoms with van der Waals surface area (Å²) in [5, 5.41) is 0. The van der Waals surface area contributed by atoms with Crippen LogP contribution in [0, 0.1) is 6.92 Å².